The van der Waals surface area contributed by atoms with Crippen molar-refractivity contribution in [3.05, 3.63) is 48.2 Å². The van der Waals surface area contributed by atoms with Gasteiger partial charge in [-0.25, -0.2) is 0 Å². The van der Waals surface area contributed by atoms with Crippen molar-refractivity contribution in [2.45, 2.75) is 20.3 Å². The molecule has 0 bridgehead atoms. The third-order valence-electron chi connectivity index (χ3n) is 3.48. The molecule has 0 aliphatic carbocycles. The number of rotatable bonds is 4. The van der Waals surface area contributed by atoms with Gasteiger partial charge in [-0.2, -0.15) is 0 Å². The zero-order valence-corrected chi connectivity index (χ0v) is 13.0. The Labute approximate surface area is 133 Å². The second-order valence-electron chi connectivity index (χ2n) is 5.56. The zero-order chi connectivity index (χ0) is 16.4. The van der Waals surface area contributed by atoms with Crippen LogP contribution in [0.4, 0.5) is 5.69 Å². The van der Waals surface area contributed by atoms with Crippen molar-refractivity contribution in [1.29, 1.82) is 0 Å². The molecule has 0 fully saturated rings. The lowest BCUT2D eigenvalue weighted by molar-refractivity contribution is -0.116. The Morgan fingerprint density at radius 1 is 1.09 bits per heavy atom. The van der Waals surface area contributed by atoms with Crippen LogP contribution in [0.1, 0.15) is 19.5 Å². The van der Waals surface area contributed by atoms with E-state index >= 15 is 0 Å². The monoisotopic (exact) mass is 307 g/mol. The number of carbonyl (C=O) groups excluding carboxylic acids is 2. The van der Waals surface area contributed by atoms with Crippen LogP contribution in [0.3, 0.4) is 0 Å². The molecule has 0 atom stereocenters. The minimum Gasteiger partial charge on any atom is -0.353 e. The molecule has 1 aromatic carbocycles. The van der Waals surface area contributed by atoms with Crippen LogP contribution in [0.25, 0.3) is 22.3 Å². The van der Waals surface area contributed by atoms with Crippen molar-refractivity contribution in [3.63, 3.8) is 0 Å². The van der Waals surface area contributed by atoms with E-state index in [1.54, 1.807) is 6.92 Å². The molecule has 0 saturated carbocycles. The third kappa shape index (κ3) is 3.45. The molecule has 2 N–H and O–H groups in total. The maximum Gasteiger partial charge on any atom is 0.221 e. The molecule has 1 amide bonds. The van der Waals surface area contributed by atoms with Crippen LogP contribution in [-0.4, -0.2) is 21.7 Å². The highest BCUT2D eigenvalue weighted by Crippen LogP contribution is 2.24. The second kappa shape index (κ2) is 6.04. The number of amides is 1. The van der Waals surface area contributed by atoms with Crippen LogP contribution in [0.2, 0.25) is 0 Å². The van der Waals surface area contributed by atoms with E-state index in [0.717, 1.165) is 33.7 Å². The van der Waals surface area contributed by atoms with Gasteiger partial charge in [0.2, 0.25) is 5.91 Å². The van der Waals surface area contributed by atoms with Gasteiger partial charge in [-0.05, 0) is 42.8 Å². The first kappa shape index (κ1) is 15.0. The van der Waals surface area contributed by atoms with Crippen molar-refractivity contribution in [2.24, 2.45) is 0 Å². The maximum absolute atomic E-state index is 11.2. The Morgan fingerprint density at radius 3 is 2.48 bits per heavy atom. The molecule has 2 aromatic heterocycles. The first-order valence-electron chi connectivity index (χ1n) is 7.37. The standard InChI is InChI=1S/C18H17N3O2/c1-11(22)9-15-7-8-16-18(20-15)10-17(21-16)13-3-5-14(6-4-13)19-12(2)23/h3-8,10,21H,9H2,1-2H3,(H,19,23). The molecule has 0 spiro atoms. The van der Waals surface area contributed by atoms with Crippen molar-refractivity contribution in [2.75, 3.05) is 5.32 Å². The minimum absolute atomic E-state index is 0.0921. The van der Waals surface area contributed by atoms with Gasteiger partial charge in [0.1, 0.15) is 5.78 Å². The van der Waals surface area contributed by atoms with E-state index in [1.807, 2.05) is 42.5 Å². The number of hydrogen-bond acceptors (Lipinski definition) is 3. The van der Waals surface area contributed by atoms with Gasteiger partial charge in [-0.3, -0.25) is 14.6 Å². The minimum atomic E-state index is -0.0921. The Kier molecular flexibility index (Phi) is 3.93. The molecular formula is C18H17N3O2. The van der Waals surface area contributed by atoms with Crippen LogP contribution in [0, 0.1) is 0 Å². The summed E-state index contributed by atoms with van der Waals surface area (Å²) >= 11 is 0. The van der Waals surface area contributed by atoms with Crippen LogP contribution in [0.5, 0.6) is 0 Å². The lowest BCUT2D eigenvalue weighted by Gasteiger charge is -2.03. The van der Waals surface area contributed by atoms with E-state index in [1.165, 1.54) is 6.92 Å². The number of aromatic amines is 1. The van der Waals surface area contributed by atoms with Gasteiger partial charge >= 0.3 is 0 Å². The molecule has 0 radical (unpaired) electrons. The highest BCUT2D eigenvalue weighted by Gasteiger charge is 2.07. The molecule has 3 aromatic rings. The Bertz CT molecular complexity index is 879. The van der Waals surface area contributed by atoms with Crippen molar-refractivity contribution in [3.8, 4) is 11.3 Å². The van der Waals surface area contributed by atoms with Crippen molar-refractivity contribution >= 4 is 28.4 Å². The van der Waals surface area contributed by atoms with Gasteiger partial charge in [-0.1, -0.05) is 12.1 Å². The number of fused-ring (bicyclic) bond motifs is 1. The van der Waals surface area contributed by atoms with Crippen LogP contribution < -0.4 is 5.32 Å². The summed E-state index contributed by atoms with van der Waals surface area (Å²) in [4.78, 5) is 30.1. The quantitative estimate of drug-likeness (QED) is 0.776. The maximum atomic E-state index is 11.2. The van der Waals surface area contributed by atoms with Crippen molar-refractivity contribution < 1.29 is 9.59 Å². The number of nitrogens with one attached hydrogen (secondary N) is 2. The summed E-state index contributed by atoms with van der Waals surface area (Å²) in [5, 5.41) is 2.74. The molecule has 3 rings (SSSR count). The van der Waals surface area contributed by atoms with Gasteiger partial charge in [0.05, 0.1) is 11.0 Å². The predicted octanol–water partition coefficient (Wildman–Crippen LogP) is 3.32. The average Bonchev–Trinajstić information content (AvgIpc) is 2.90. The van der Waals surface area contributed by atoms with Gasteiger partial charge in [0, 0.05) is 30.4 Å². The molecule has 0 aliphatic heterocycles. The molecule has 2 heterocycles. The number of pyridine rings is 1. The van der Waals surface area contributed by atoms with Crippen molar-refractivity contribution in [1.82, 2.24) is 9.97 Å². The fraction of sp³-hybridized carbons (Fsp3) is 0.167. The Morgan fingerprint density at radius 2 is 1.83 bits per heavy atom. The van der Waals surface area contributed by atoms with E-state index in [9.17, 15) is 9.59 Å². The molecule has 5 nitrogen and oxygen atoms in total. The van der Waals surface area contributed by atoms with Gasteiger partial charge in [0.15, 0.2) is 0 Å². The number of anilines is 1. The van der Waals surface area contributed by atoms with E-state index < -0.39 is 0 Å². The normalized spacial score (nSPS) is 10.7. The first-order valence-corrected chi connectivity index (χ1v) is 7.37. The number of Topliss-reactive ketones (excluding diaryl/α,β-unsaturated/α-hetero) is 1. The Hall–Kier alpha value is -2.95. The molecule has 0 aliphatic rings. The number of ketones is 1. The third-order valence-corrected chi connectivity index (χ3v) is 3.48. The second-order valence-corrected chi connectivity index (χ2v) is 5.56. The van der Waals surface area contributed by atoms with E-state index in [0.29, 0.717) is 6.42 Å². The van der Waals surface area contributed by atoms with E-state index in [-0.39, 0.29) is 11.7 Å². The van der Waals surface area contributed by atoms with Gasteiger partial charge in [-0.15, -0.1) is 0 Å². The lowest BCUT2D eigenvalue weighted by Crippen LogP contribution is -2.05. The highest BCUT2D eigenvalue weighted by atomic mass is 16.1. The zero-order valence-electron chi connectivity index (χ0n) is 13.0. The fourth-order valence-electron chi connectivity index (χ4n) is 2.50. The number of carbonyl (C=O) groups is 2. The molecule has 5 heteroatoms. The van der Waals surface area contributed by atoms with Gasteiger partial charge in [0.25, 0.3) is 0 Å². The average molecular weight is 307 g/mol. The topological polar surface area (TPSA) is 74.8 Å². The summed E-state index contributed by atoms with van der Waals surface area (Å²) in [7, 11) is 0. The first-order chi connectivity index (χ1) is 11.0. The molecular weight excluding hydrogens is 290 g/mol. The number of nitrogens with zero attached hydrogens (tertiary/aromatic N) is 1. The number of aromatic nitrogens is 2. The smallest absolute Gasteiger partial charge is 0.221 e. The highest BCUT2D eigenvalue weighted by molar-refractivity contribution is 5.89. The summed E-state index contributed by atoms with van der Waals surface area (Å²) < 4.78 is 0. The van der Waals surface area contributed by atoms with Gasteiger partial charge < -0.3 is 10.3 Å². The predicted molar refractivity (Wildman–Crippen MR) is 90.2 cm³/mol. The molecule has 0 saturated heterocycles. The lowest BCUT2D eigenvalue weighted by atomic mass is 10.1. The molecule has 116 valence electrons. The number of benzene rings is 1. The Balaban J connectivity index is 1.90. The summed E-state index contributed by atoms with van der Waals surface area (Å²) in [6, 6.07) is 13.4. The summed E-state index contributed by atoms with van der Waals surface area (Å²) in [6.07, 6.45) is 0.349. The summed E-state index contributed by atoms with van der Waals surface area (Å²) in [6.45, 7) is 3.04. The van der Waals surface area contributed by atoms with E-state index in [2.05, 4.69) is 15.3 Å². The summed E-state index contributed by atoms with van der Waals surface area (Å²) in [5.74, 6) is 0.00623. The van der Waals surface area contributed by atoms with E-state index in [4.69, 9.17) is 0 Å². The molecule has 23 heavy (non-hydrogen) atoms. The summed E-state index contributed by atoms with van der Waals surface area (Å²) in [5.41, 5.74) is 5.26. The number of H-pyrrole nitrogens is 1. The largest absolute Gasteiger partial charge is 0.353 e. The van der Waals surface area contributed by atoms with Crippen LogP contribution >= 0.6 is 0 Å². The van der Waals surface area contributed by atoms with Crippen LogP contribution in [-0.2, 0) is 16.0 Å². The number of hydrogen-bond donors (Lipinski definition) is 2. The van der Waals surface area contributed by atoms with Crippen LogP contribution in [0.15, 0.2) is 42.5 Å². The fourth-order valence-corrected chi connectivity index (χ4v) is 2.50. The molecule has 0 unspecified atom stereocenters. The SMILES string of the molecule is CC(=O)Cc1ccc2[nH]c(-c3ccc(NC(C)=O)cc3)cc2n1.